The lowest BCUT2D eigenvalue weighted by Gasteiger charge is -2.33. The molecule has 47 heavy (non-hydrogen) atoms. The zero-order valence-electron chi connectivity index (χ0n) is 28.3. The quantitative estimate of drug-likeness (QED) is 0.155. The second-order valence-electron chi connectivity index (χ2n) is 11.9. The van der Waals surface area contributed by atoms with Gasteiger partial charge in [0.1, 0.15) is 0 Å². The van der Waals surface area contributed by atoms with Crippen LogP contribution < -0.4 is 19.5 Å². The number of pyridine rings is 1. The molecule has 1 amide bonds. The minimum atomic E-state index is -0.121. The number of nitrogens with one attached hydrogen (secondary N) is 2. The molecule has 1 aliphatic rings. The van der Waals surface area contributed by atoms with Crippen LogP contribution in [0.1, 0.15) is 53.7 Å². The number of nitrogens with zero attached hydrogens (tertiary/aromatic N) is 4. The predicted octanol–water partition coefficient (Wildman–Crippen LogP) is 5.39. The Hall–Kier alpha value is -4.35. The van der Waals surface area contributed by atoms with Gasteiger partial charge in [-0.05, 0) is 75.0 Å². The Balaban J connectivity index is 1.17. The number of likely N-dealkylation sites (tertiary alicyclic amines) is 1. The van der Waals surface area contributed by atoms with Gasteiger partial charge in [0, 0.05) is 62.7 Å². The zero-order chi connectivity index (χ0) is 33.2. The maximum atomic E-state index is 13.6. The van der Waals surface area contributed by atoms with Gasteiger partial charge in [-0.1, -0.05) is 18.2 Å². The molecule has 1 saturated heterocycles. The predicted molar refractivity (Wildman–Crippen MR) is 184 cm³/mol. The van der Waals surface area contributed by atoms with Gasteiger partial charge in [0.25, 0.3) is 5.91 Å². The van der Waals surface area contributed by atoms with Gasteiger partial charge in [0.15, 0.2) is 11.5 Å². The number of likely N-dealkylation sites (N-methyl/N-ethyl adjacent to an activating group) is 1. The summed E-state index contributed by atoms with van der Waals surface area (Å²) >= 11 is 0. The van der Waals surface area contributed by atoms with Gasteiger partial charge in [-0.25, -0.2) is 4.98 Å². The van der Waals surface area contributed by atoms with E-state index in [-0.39, 0.29) is 11.8 Å². The van der Waals surface area contributed by atoms with E-state index in [9.17, 15) is 4.79 Å². The van der Waals surface area contributed by atoms with Crippen molar-refractivity contribution in [1.82, 2.24) is 24.8 Å². The molecule has 2 N–H and O–H groups in total. The number of carbonyl (C=O) groups excluding carboxylic acids is 1. The summed E-state index contributed by atoms with van der Waals surface area (Å²) in [6.45, 7) is 6.88. The van der Waals surface area contributed by atoms with Gasteiger partial charge in [-0.15, -0.1) is 0 Å². The third-order valence-corrected chi connectivity index (χ3v) is 8.90. The van der Waals surface area contributed by atoms with Gasteiger partial charge in [-0.2, -0.15) is 0 Å². The molecule has 2 aromatic heterocycles. The lowest BCUT2D eigenvalue weighted by Crippen LogP contribution is -2.40. The van der Waals surface area contributed by atoms with E-state index in [0.717, 1.165) is 74.6 Å². The highest BCUT2D eigenvalue weighted by Crippen LogP contribution is 2.38. The number of fused-ring (bicyclic) bond motifs is 1. The van der Waals surface area contributed by atoms with E-state index in [1.807, 2.05) is 38.4 Å². The van der Waals surface area contributed by atoms with Crippen molar-refractivity contribution in [3.8, 4) is 17.2 Å². The molecular formula is C36H48N6O5. The van der Waals surface area contributed by atoms with Crippen molar-refractivity contribution < 1.29 is 23.7 Å². The monoisotopic (exact) mass is 644 g/mol. The van der Waals surface area contributed by atoms with Crippen LogP contribution in [0.25, 0.3) is 11.0 Å². The van der Waals surface area contributed by atoms with Crippen molar-refractivity contribution in [2.24, 2.45) is 0 Å². The number of aromatic nitrogens is 3. The number of rotatable bonds is 16. The average molecular weight is 645 g/mol. The van der Waals surface area contributed by atoms with Gasteiger partial charge in [-0.3, -0.25) is 9.78 Å². The van der Waals surface area contributed by atoms with Crippen molar-refractivity contribution in [3.05, 3.63) is 71.5 Å². The van der Waals surface area contributed by atoms with Crippen LogP contribution in [0.5, 0.6) is 17.2 Å². The number of benzene rings is 2. The molecule has 11 heteroatoms. The second kappa shape index (κ2) is 16.5. The van der Waals surface area contributed by atoms with Gasteiger partial charge in [0.2, 0.25) is 11.7 Å². The first-order valence-corrected chi connectivity index (χ1v) is 16.4. The van der Waals surface area contributed by atoms with Crippen LogP contribution >= 0.6 is 0 Å². The van der Waals surface area contributed by atoms with Gasteiger partial charge in [0.05, 0.1) is 39.0 Å². The minimum Gasteiger partial charge on any atom is -0.493 e. The Morgan fingerprint density at radius 1 is 1.06 bits per heavy atom. The lowest BCUT2D eigenvalue weighted by molar-refractivity contribution is 0.0780. The topological polar surface area (TPSA) is 114 Å². The van der Waals surface area contributed by atoms with Crippen LogP contribution in [0.15, 0.2) is 54.7 Å². The molecule has 5 rings (SSSR count). The first-order chi connectivity index (χ1) is 22.9. The number of carbonyl (C=O) groups is 1. The summed E-state index contributed by atoms with van der Waals surface area (Å²) in [4.78, 5) is 30.9. The summed E-state index contributed by atoms with van der Waals surface area (Å²) in [5.74, 6) is 2.15. The fraction of sp³-hybridized carbons (Fsp3) is 0.472. The first kappa shape index (κ1) is 34.0. The van der Waals surface area contributed by atoms with Crippen LogP contribution in [-0.2, 0) is 11.2 Å². The van der Waals surface area contributed by atoms with Crippen molar-refractivity contribution in [3.63, 3.8) is 0 Å². The number of piperidine rings is 1. The number of para-hydroxylation sites is 1. The standard InChI is InChI=1S/C36H48N6O5/c1-6-47-21-16-25-10-9-12-30-33(25)40-36(39-30)38-28-14-19-42(20-15-28)18-13-26(29-11-7-8-17-37-29)24-41(2)35(43)27-22-31(44-3)34(46-5)32(23-27)45-4/h7-12,17,22-23,26,28H,6,13-16,18-21,24H2,1-5H3,(H2,38,39,40). The number of hydrogen-bond donors (Lipinski definition) is 2. The Labute approximate surface area is 277 Å². The maximum absolute atomic E-state index is 13.6. The summed E-state index contributed by atoms with van der Waals surface area (Å²) in [6, 6.07) is 16.0. The number of anilines is 1. The number of amides is 1. The number of imidazole rings is 1. The van der Waals surface area contributed by atoms with Crippen molar-refractivity contribution in [1.29, 1.82) is 0 Å². The highest BCUT2D eigenvalue weighted by atomic mass is 16.5. The molecule has 252 valence electrons. The molecule has 0 bridgehead atoms. The third-order valence-electron chi connectivity index (χ3n) is 8.90. The Morgan fingerprint density at radius 3 is 2.49 bits per heavy atom. The van der Waals surface area contributed by atoms with E-state index < -0.39 is 0 Å². The molecule has 1 fully saturated rings. The molecule has 1 unspecified atom stereocenters. The molecule has 4 aromatic rings. The Morgan fingerprint density at radius 2 is 1.83 bits per heavy atom. The highest BCUT2D eigenvalue weighted by Gasteiger charge is 2.25. The molecular weight excluding hydrogens is 596 g/mol. The summed E-state index contributed by atoms with van der Waals surface area (Å²) in [5, 5.41) is 3.65. The molecule has 0 radical (unpaired) electrons. The molecule has 2 aromatic carbocycles. The Bertz CT molecular complexity index is 1560. The van der Waals surface area contributed by atoms with Crippen molar-refractivity contribution in [2.45, 2.75) is 44.6 Å². The zero-order valence-corrected chi connectivity index (χ0v) is 28.3. The summed E-state index contributed by atoms with van der Waals surface area (Å²) in [5.41, 5.74) is 4.73. The van der Waals surface area contributed by atoms with Gasteiger partial charge < -0.3 is 39.0 Å². The molecule has 0 saturated carbocycles. The first-order valence-electron chi connectivity index (χ1n) is 16.4. The van der Waals surface area contributed by atoms with Gasteiger partial charge >= 0.3 is 0 Å². The Kier molecular flexibility index (Phi) is 11.9. The van der Waals surface area contributed by atoms with Crippen LogP contribution in [0.3, 0.4) is 0 Å². The SMILES string of the molecule is CCOCCc1cccc2[nH]c(NC3CCN(CCC(CN(C)C(=O)c4cc(OC)c(OC)c(OC)c4)c4ccccn4)CC3)nc12. The summed E-state index contributed by atoms with van der Waals surface area (Å²) in [6.07, 6.45) is 5.61. The van der Waals surface area contributed by atoms with E-state index in [0.29, 0.717) is 42.0 Å². The normalized spacial score (nSPS) is 14.6. The van der Waals surface area contributed by atoms with E-state index in [1.165, 1.54) is 5.56 Å². The molecule has 1 aliphatic heterocycles. The van der Waals surface area contributed by atoms with Crippen LogP contribution in [0.2, 0.25) is 0 Å². The molecule has 1 atom stereocenters. The largest absolute Gasteiger partial charge is 0.493 e. The van der Waals surface area contributed by atoms with Crippen LogP contribution in [-0.4, -0.2) is 104 Å². The average Bonchev–Trinajstić information content (AvgIpc) is 3.53. The summed E-state index contributed by atoms with van der Waals surface area (Å²) < 4.78 is 21.9. The number of hydrogen-bond acceptors (Lipinski definition) is 9. The molecule has 0 aliphatic carbocycles. The van der Waals surface area contributed by atoms with Crippen molar-refractivity contribution >= 4 is 22.9 Å². The van der Waals surface area contributed by atoms with E-state index >= 15 is 0 Å². The minimum absolute atomic E-state index is 0.0792. The maximum Gasteiger partial charge on any atom is 0.253 e. The smallest absolute Gasteiger partial charge is 0.253 e. The number of aromatic amines is 1. The number of methoxy groups -OCH3 is 3. The van der Waals surface area contributed by atoms with Crippen molar-refractivity contribution in [2.75, 3.05) is 73.1 Å². The highest BCUT2D eigenvalue weighted by molar-refractivity contribution is 5.95. The third kappa shape index (κ3) is 8.52. The molecule has 3 heterocycles. The molecule has 0 spiro atoms. The fourth-order valence-electron chi connectivity index (χ4n) is 6.31. The molecule has 11 nitrogen and oxygen atoms in total. The van der Waals surface area contributed by atoms with Crippen LogP contribution in [0, 0.1) is 0 Å². The second-order valence-corrected chi connectivity index (χ2v) is 11.9. The van der Waals surface area contributed by atoms with Crippen LogP contribution in [0.4, 0.5) is 5.95 Å². The van der Waals surface area contributed by atoms with E-state index in [4.69, 9.17) is 23.9 Å². The number of ether oxygens (including phenoxy) is 4. The lowest BCUT2D eigenvalue weighted by atomic mass is 9.98. The number of H-pyrrole nitrogens is 1. The van der Waals surface area contributed by atoms with E-state index in [2.05, 4.69) is 38.4 Å². The van der Waals surface area contributed by atoms with E-state index in [1.54, 1.807) is 38.4 Å². The fourth-order valence-corrected chi connectivity index (χ4v) is 6.31. The summed E-state index contributed by atoms with van der Waals surface area (Å²) in [7, 11) is 6.47.